The van der Waals surface area contributed by atoms with E-state index in [1.54, 1.807) is 37.4 Å². The van der Waals surface area contributed by atoms with Crippen LogP contribution in [0, 0.1) is 12.7 Å². The van der Waals surface area contributed by atoms with E-state index >= 15 is 0 Å². The van der Waals surface area contributed by atoms with Crippen LogP contribution in [0.1, 0.15) is 58.9 Å². The predicted molar refractivity (Wildman–Crippen MR) is 126 cm³/mol. The van der Waals surface area contributed by atoms with Crippen molar-refractivity contribution < 1.29 is 14.0 Å². The summed E-state index contributed by atoms with van der Waals surface area (Å²) in [6.45, 7) is 2.49. The summed E-state index contributed by atoms with van der Waals surface area (Å²) < 4.78 is 13.4. The minimum atomic E-state index is -0.462. The number of nitrogens with two attached hydrogens (primary N) is 1. The Morgan fingerprint density at radius 2 is 1.97 bits per heavy atom. The second-order valence-electron chi connectivity index (χ2n) is 8.60. The molecule has 2 amide bonds. The summed E-state index contributed by atoms with van der Waals surface area (Å²) in [6.07, 6.45) is 5.58. The molecule has 1 atom stereocenters. The van der Waals surface area contributed by atoms with Crippen molar-refractivity contribution in [1.82, 2.24) is 9.88 Å². The van der Waals surface area contributed by atoms with Gasteiger partial charge in [-0.2, -0.15) is 0 Å². The van der Waals surface area contributed by atoms with E-state index in [-0.39, 0.29) is 17.8 Å². The maximum Gasteiger partial charge on any atom is 0.248 e. The van der Waals surface area contributed by atoms with Crippen LogP contribution in [0.15, 0.2) is 60.8 Å². The van der Waals surface area contributed by atoms with Crippen molar-refractivity contribution in [1.29, 1.82) is 0 Å². The Bertz CT molecular complexity index is 1160. The van der Waals surface area contributed by atoms with Crippen molar-refractivity contribution in [3.8, 4) is 11.1 Å². The first-order valence-electron chi connectivity index (χ1n) is 11.3. The van der Waals surface area contributed by atoms with Crippen LogP contribution >= 0.6 is 0 Å². The van der Waals surface area contributed by atoms with Gasteiger partial charge in [0.05, 0.1) is 11.7 Å². The molecule has 0 aliphatic carbocycles. The number of pyridine rings is 1. The highest BCUT2D eigenvalue weighted by Gasteiger charge is 2.30. The number of aromatic nitrogens is 1. The number of primary amides is 1. The van der Waals surface area contributed by atoms with Crippen LogP contribution in [0.25, 0.3) is 11.1 Å². The molecule has 1 fully saturated rings. The lowest BCUT2D eigenvalue weighted by atomic mass is 10.0. The summed E-state index contributed by atoms with van der Waals surface area (Å²) in [5, 5.41) is 0. The first-order chi connectivity index (χ1) is 15.9. The van der Waals surface area contributed by atoms with Gasteiger partial charge in [0.1, 0.15) is 5.82 Å². The summed E-state index contributed by atoms with van der Waals surface area (Å²) >= 11 is 0. The molecule has 0 radical (unpaired) electrons. The molecule has 5 nitrogen and oxygen atoms in total. The summed E-state index contributed by atoms with van der Waals surface area (Å²) in [7, 11) is 0. The average Bonchev–Trinajstić information content (AvgIpc) is 3.32. The molecule has 6 heteroatoms. The Labute approximate surface area is 193 Å². The molecule has 1 aromatic heterocycles. The Morgan fingerprint density at radius 1 is 1.12 bits per heavy atom. The highest BCUT2D eigenvalue weighted by Crippen LogP contribution is 2.32. The number of likely N-dealkylation sites (tertiary alicyclic amines) is 1. The van der Waals surface area contributed by atoms with E-state index in [9.17, 15) is 14.0 Å². The highest BCUT2D eigenvalue weighted by molar-refractivity contribution is 5.94. The van der Waals surface area contributed by atoms with E-state index in [0.717, 1.165) is 54.6 Å². The van der Waals surface area contributed by atoms with Gasteiger partial charge in [0.2, 0.25) is 11.8 Å². The molecule has 2 heterocycles. The standard InChI is InChI=1S/C27H28FN3O2/c1-18-15-19(10-12-23(18)28)5-2-9-26(32)31-14-4-8-25(31)24-13-11-22(17-30-24)20-6-3-7-21(16-20)27(29)33/h3,6-7,10-13,15-17,25H,2,4-5,8-9,14H2,1H3,(H2,29,33). The zero-order chi connectivity index (χ0) is 23.4. The third-order valence-electron chi connectivity index (χ3n) is 6.26. The largest absolute Gasteiger partial charge is 0.366 e. The van der Waals surface area contributed by atoms with Crippen molar-refractivity contribution in [2.75, 3.05) is 6.54 Å². The van der Waals surface area contributed by atoms with E-state index in [4.69, 9.17) is 5.73 Å². The topological polar surface area (TPSA) is 76.3 Å². The van der Waals surface area contributed by atoms with Crippen LogP contribution in [0.2, 0.25) is 0 Å². The minimum absolute atomic E-state index is 0.0171. The Morgan fingerprint density at radius 3 is 2.70 bits per heavy atom. The molecule has 1 aliphatic rings. The molecular weight excluding hydrogens is 417 g/mol. The molecule has 0 saturated carbocycles. The maximum absolute atomic E-state index is 13.4. The van der Waals surface area contributed by atoms with Gasteiger partial charge in [0, 0.05) is 30.3 Å². The Balaban J connectivity index is 1.39. The number of amides is 2. The zero-order valence-corrected chi connectivity index (χ0v) is 18.8. The van der Waals surface area contributed by atoms with E-state index in [1.165, 1.54) is 6.07 Å². The first-order valence-corrected chi connectivity index (χ1v) is 11.3. The van der Waals surface area contributed by atoms with Crippen molar-refractivity contribution in [3.05, 3.63) is 89.0 Å². The van der Waals surface area contributed by atoms with Gasteiger partial charge in [0.15, 0.2) is 0 Å². The number of nitrogens with zero attached hydrogens (tertiary/aromatic N) is 2. The summed E-state index contributed by atoms with van der Waals surface area (Å²) in [5.74, 6) is -0.527. The Kier molecular flexibility index (Phi) is 6.82. The summed E-state index contributed by atoms with van der Waals surface area (Å²) in [6, 6.07) is 16.2. The third-order valence-corrected chi connectivity index (χ3v) is 6.26. The lowest BCUT2D eigenvalue weighted by molar-refractivity contribution is -0.132. The lowest BCUT2D eigenvalue weighted by Crippen LogP contribution is -2.30. The van der Waals surface area contributed by atoms with E-state index in [2.05, 4.69) is 4.98 Å². The molecule has 1 unspecified atom stereocenters. The van der Waals surface area contributed by atoms with Gasteiger partial charge in [-0.1, -0.05) is 30.3 Å². The maximum atomic E-state index is 13.4. The first kappa shape index (κ1) is 22.6. The minimum Gasteiger partial charge on any atom is -0.366 e. The van der Waals surface area contributed by atoms with Gasteiger partial charge < -0.3 is 10.6 Å². The van der Waals surface area contributed by atoms with Crippen LogP contribution < -0.4 is 5.73 Å². The third kappa shape index (κ3) is 5.28. The van der Waals surface area contributed by atoms with Gasteiger partial charge in [-0.25, -0.2) is 4.39 Å². The van der Waals surface area contributed by atoms with Crippen LogP contribution in [-0.4, -0.2) is 28.2 Å². The van der Waals surface area contributed by atoms with E-state index in [0.29, 0.717) is 17.5 Å². The number of aryl methyl sites for hydroxylation is 2. The second-order valence-corrected chi connectivity index (χ2v) is 8.60. The molecule has 0 bridgehead atoms. The second kappa shape index (κ2) is 9.94. The number of carbonyl (C=O) groups excluding carboxylic acids is 2. The van der Waals surface area contributed by atoms with Crippen molar-refractivity contribution in [2.45, 2.75) is 45.1 Å². The van der Waals surface area contributed by atoms with Gasteiger partial charge in [-0.3, -0.25) is 14.6 Å². The van der Waals surface area contributed by atoms with Crippen molar-refractivity contribution in [3.63, 3.8) is 0 Å². The zero-order valence-electron chi connectivity index (χ0n) is 18.8. The molecule has 170 valence electrons. The molecule has 4 rings (SSSR count). The van der Waals surface area contributed by atoms with Gasteiger partial charge >= 0.3 is 0 Å². The van der Waals surface area contributed by atoms with Gasteiger partial charge in [-0.15, -0.1) is 0 Å². The van der Waals surface area contributed by atoms with Crippen molar-refractivity contribution >= 4 is 11.8 Å². The van der Waals surface area contributed by atoms with Gasteiger partial charge in [0.25, 0.3) is 0 Å². The molecule has 1 aliphatic heterocycles. The smallest absolute Gasteiger partial charge is 0.248 e. The lowest BCUT2D eigenvalue weighted by Gasteiger charge is -2.24. The van der Waals surface area contributed by atoms with Crippen LogP contribution in [-0.2, 0) is 11.2 Å². The molecular formula is C27H28FN3O2. The predicted octanol–water partition coefficient (Wildman–Crippen LogP) is 4.98. The average molecular weight is 446 g/mol. The molecule has 2 aromatic carbocycles. The van der Waals surface area contributed by atoms with Crippen LogP contribution in [0.4, 0.5) is 4.39 Å². The molecule has 0 spiro atoms. The normalized spacial score (nSPS) is 15.6. The monoisotopic (exact) mass is 445 g/mol. The van der Waals surface area contributed by atoms with E-state index < -0.39 is 5.91 Å². The molecule has 3 aromatic rings. The Hall–Kier alpha value is -3.54. The van der Waals surface area contributed by atoms with Gasteiger partial charge in [-0.05, 0) is 73.6 Å². The number of benzene rings is 2. The highest BCUT2D eigenvalue weighted by atomic mass is 19.1. The number of carbonyl (C=O) groups is 2. The van der Waals surface area contributed by atoms with Crippen LogP contribution in [0.5, 0.6) is 0 Å². The number of halogens is 1. The fourth-order valence-corrected chi connectivity index (χ4v) is 4.45. The molecule has 33 heavy (non-hydrogen) atoms. The summed E-state index contributed by atoms with van der Waals surface area (Å²) in [4.78, 5) is 31.0. The van der Waals surface area contributed by atoms with Crippen LogP contribution in [0.3, 0.4) is 0 Å². The van der Waals surface area contributed by atoms with E-state index in [1.807, 2.05) is 29.2 Å². The summed E-state index contributed by atoms with van der Waals surface area (Å²) in [5.41, 5.74) is 10.2. The number of hydrogen-bond acceptors (Lipinski definition) is 3. The quantitative estimate of drug-likeness (QED) is 0.557. The molecule has 2 N–H and O–H groups in total. The molecule has 1 saturated heterocycles. The fraction of sp³-hybridized carbons (Fsp3) is 0.296. The fourth-order valence-electron chi connectivity index (χ4n) is 4.45. The van der Waals surface area contributed by atoms with Crippen molar-refractivity contribution in [2.24, 2.45) is 5.73 Å². The number of rotatable bonds is 7. The SMILES string of the molecule is Cc1cc(CCCC(=O)N2CCCC2c2ccc(-c3cccc(C(N)=O)c3)cn2)ccc1F. The number of hydrogen-bond donors (Lipinski definition) is 1.